The second kappa shape index (κ2) is 12.3. The zero-order valence-electron chi connectivity index (χ0n) is 30.8. The molecule has 1 aliphatic carbocycles. The van der Waals surface area contributed by atoms with Crippen molar-refractivity contribution in [1.29, 1.82) is 0 Å². The molecule has 0 unspecified atom stereocenters. The van der Waals surface area contributed by atoms with Crippen molar-refractivity contribution in [3.63, 3.8) is 0 Å². The molecule has 0 bridgehead atoms. The Bertz CT molecular complexity index is 3120. The fourth-order valence-electron chi connectivity index (χ4n) is 9.15. The van der Waals surface area contributed by atoms with Crippen LogP contribution in [-0.4, -0.2) is 0 Å². The Balaban J connectivity index is 1.06. The predicted octanol–water partition coefficient (Wildman–Crippen LogP) is 15.5. The van der Waals surface area contributed by atoms with E-state index in [1.807, 2.05) is 11.3 Å². The Morgan fingerprint density at radius 1 is 0.400 bits per heavy atom. The molecular weight excluding hydrogens is 683 g/mol. The predicted molar refractivity (Wildman–Crippen MR) is 237 cm³/mol. The van der Waals surface area contributed by atoms with Crippen molar-refractivity contribution in [2.75, 3.05) is 4.90 Å². The maximum absolute atomic E-state index is 2.43. The Hall–Kier alpha value is -6.48. The van der Waals surface area contributed by atoms with Gasteiger partial charge in [0.1, 0.15) is 0 Å². The van der Waals surface area contributed by atoms with Gasteiger partial charge >= 0.3 is 0 Å². The normalized spacial score (nSPS) is 13.1. The highest BCUT2D eigenvalue weighted by Crippen LogP contribution is 2.51. The summed E-state index contributed by atoms with van der Waals surface area (Å²) in [5.74, 6) is 0. The summed E-state index contributed by atoms with van der Waals surface area (Å²) in [6.45, 7) is 4.72. The molecule has 10 aromatic rings. The lowest BCUT2D eigenvalue weighted by molar-refractivity contribution is 0.660. The van der Waals surface area contributed by atoms with Gasteiger partial charge in [0, 0.05) is 42.6 Å². The smallest absolute Gasteiger partial charge is 0.0467 e. The first-order chi connectivity index (χ1) is 27.0. The Kier molecular flexibility index (Phi) is 7.14. The fourth-order valence-corrected chi connectivity index (χ4v) is 10.4. The van der Waals surface area contributed by atoms with Gasteiger partial charge in [0.25, 0.3) is 0 Å². The monoisotopic (exact) mass is 719 g/mol. The van der Waals surface area contributed by atoms with Gasteiger partial charge in [0.15, 0.2) is 0 Å². The first-order valence-corrected chi connectivity index (χ1v) is 19.9. The largest absolute Gasteiger partial charge is 0.310 e. The molecule has 55 heavy (non-hydrogen) atoms. The van der Waals surface area contributed by atoms with Gasteiger partial charge in [0.05, 0.1) is 0 Å². The highest BCUT2D eigenvalue weighted by atomic mass is 32.1. The Morgan fingerprint density at radius 3 is 1.89 bits per heavy atom. The molecule has 2 heteroatoms. The van der Waals surface area contributed by atoms with Crippen LogP contribution in [0.3, 0.4) is 0 Å². The summed E-state index contributed by atoms with van der Waals surface area (Å²) >= 11 is 1.90. The molecule has 1 nitrogen and oxygen atoms in total. The average molecular weight is 720 g/mol. The summed E-state index contributed by atoms with van der Waals surface area (Å²) in [6, 6.07) is 69.6. The molecule has 1 aliphatic rings. The van der Waals surface area contributed by atoms with Gasteiger partial charge in [-0.15, -0.1) is 11.3 Å². The zero-order chi connectivity index (χ0) is 36.7. The van der Waals surface area contributed by atoms with E-state index in [4.69, 9.17) is 0 Å². The molecule has 0 saturated heterocycles. The third-order valence-electron chi connectivity index (χ3n) is 11.9. The first kappa shape index (κ1) is 32.0. The number of fused-ring (bicyclic) bond motifs is 9. The third kappa shape index (κ3) is 4.99. The molecule has 0 spiro atoms. The third-order valence-corrected chi connectivity index (χ3v) is 13.1. The van der Waals surface area contributed by atoms with E-state index in [0.29, 0.717) is 0 Å². The first-order valence-electron chi connectivity index (χ1n) is 19.1. The van der Waals surface area contributed by atoms with Gasteiger partial charge in [-0.2, -0.15) is 0 Å². The van der Waals surface area contributed by atoms with E-state index in [9.17, 15) is 0 Å². The summed E-state index contributed by atoms with van der Waals surface area (Å²) in [5.41, 5.74) is 13.7. The van der Waals surface area contributed by atoms with Crippen molar-refractivity contribution in [3.05, 3.63) is 199 Å². The molecule has 0 saturated carbocycles. The summed E-state index contributed by atoms with van der Waals surface area (Å²) < 4.78 is 2.67. The zero-order valence-corrected chi connectivity index (χ0v) is 31.6. The maximum atomic E-state index is 2.43. The molecule has 0 fully saturated rings. The Labute approximate surface area is 325 Å². The standard InChI is InChI=1S/C53H37NS/c1-53(2)48-23-8-7-19-45(48)46-30-29-40(33-49(46)53)54(39-16-9-15-37(32-39)42-20-10-14-34-12-3-5-17-41(34)42)38-27-24-36(25-28-38)44-21-11-22-47-51-43-18-6-4-13-35(43)26-31-50(51)55-52(44)47/h3-33H,1-2H3. The van der Waals surface area contributed by atoms with Gasteiger partial charge in [-0.25, -0.2) is 0 Å². The minimum absolute atomic E-state index is 0.101. The van der Waals surface area contributed by atoms with E-state index in [2.05, 4.69) is 207 Å². The van der Waals surface area contributed by atoms with Crippen LogP contribution < -0.4 is 4.90 Å². The van der Waals surface area contributed by atoms with Crippen LogP contribution in [0.15, 0.2) is 188 Å². The summed E-state index contributed by atoms with van der Waals surface area (Å²) in [6.07, 6.45) is 0. The van der Waals surface area contributed by atoms with Crippen LogP contribution >= 0.6 is 11.3 Å². The highest BCUT2D eigenvalue weighted by molar-refractivity contribution is 7.26. The molecular formula is C53H37NS. The lowest BCUT2D eigenvalue weighted by Gasteiger charge is -2.28. The number of hydrogen-bond donors (Lipinski definition) is 0. The van der Waals surface area contributed by atoms with E-state index in [-0.39, 0.29) is 5.41 Å². The van der Waals surface area contributed by atoms with E-state index in [1.54, 1.807) is 0 Å². The quantitative estimate of drug-likeness (QED) is 0.171. The summed E-state index contributed by atoms with van der Waals surface area (Å²) in [5, 5.41) is 7.80. The summed E-state index contributed by atoms with van der Waals surface area (Å²) in [4.78, 5) is 2.43. The molecule has 0 N–H and O–H groups in total. The topological polar surface area (TPSA) is 3.24 Å². The number of hydrogen-bond acceptors (Lipinski definition) is 2. The number of rotatable bonds is 5. The molecule has 11 rings (SSSR count). The lowest BCUT2D eigenvalue weighted by atomic mass is 9.82. The second-order valence-electron chi connectivity index (χ2n) is 15.3. The molecule has 1 heterocycles. The van der Waals surface area contributed by atoms with Crippen molar-refractivity contribution < 1.29 is 0 Å². The lowest BCUT2D eigenvalue weighted by Crippen LogP contribution is -2.16. The van der Waals surface area contributed by atoms with E-state index in [0.717, 1.165) is 17.1 Å². The molecule has 0 amide bonds. The number of thiophene rings is 1. The van der Waals surface area contributed by atoms with Crippen LogP contribution in [0.25, 0.3) is 75.1 Å². The van der Waals surface area contributed by atoms with Crippen LogP contribution in [0.4, 0.5) is 17.1 Å². The molecule has 9 aromatic carbocycles. The number of nitrogens with zero attached hydrogens (tertiary/aromatic N) is 1. The van der Waals surface area contributed by atoms with E-state index < -0.39 is 0 Å². The van der Waals surface area contributed by atoms with Crippen LogP contribution in [0, 0.1) is 0 Å². The second-order valence-corrected chi connectivity index (χ2v) is 16.4. The van der Waals surface area contributed by atoms with Crippen LogP contribution in [0.5, 0.6) is 0 Å². The molecule has 0 aliphatic heterocycles. The Morgan fingerprint density at radius 2 is 1.02 bits per heavy atom. The van der Waals surface area contributed by atoms with Gasteiger partial charge in [0.2, 0.25) is 0 Å². The maximum Gasteiger partial charge on any atom is 0.0467 e. The van der Waals surface area contributed by atoms with Gasteiger partial charge < -0.3 is 4.90 Å². The molecule has 1 aromatic heterocycles. The van der Waals surface area contributed by atoms with Gasteiger partial charge in [-0.3, -0.25) is 0 Å². The van der Waals surface area contributed by atoms with Crippen LogP contribution in [0.2, 0.25) is 0 Å². The van der Waals surface area contributed by atoms with E-state index in [1.165, 1.54) is 86.2 Å². The van der Waals surface area contributed by atoms with Crippen LogP contribution in [-0.2, 0) is 5.41 Å². The number of benzene rings is 9. The minimum Gasteiger partial charge on any atom is -0.310 e. The molecule has 0 radical (unpaired) electrons. The van der Waals surface area contributed by atoms with E-state index >= 15 is 0 Å². The fraction of sp³-hybridized carbons (Fsp3) is 0.0566. The SMILES string of the molecule is CC1(C)c2ccccc2-c2ccc(N(c3ccc(-c4cccc5c4sc4ccc6ccccc6c45)cc3)c3cccc(-c4cccc5ccccc45)c3)cc21. The highest BCUT2D eigenvalue weighted by Gasteiger charge is 2.35. The van der Waals surface area contributed by atoms with Gasteiger partial charge in [-0.1, -0.05) is 159 Å². The minimum atomic E-state index is -0.101. The summed E-state index contributed by atoms with van der Waals surface area (Å²) in [7, 11) is 0. The van der Waals surface area contributed by atoms with Crippen molar-refractivity contribution in [1.82, 2.24) is 0 Å². The van der Waals surface area contributed by atoms with Gasteiger partial charge in [-0.05, 0) is 109 Å². The van der Waals surface area contributed by atoms with Crippen molar-refractivity contribution >= 4 is 70.1 Å². The van der Waals surface area contributed by atoms with Crippen LogP contribution in [0.1, 0.15) is 25.0 Å². The van der Waals surface area contributed by atoms with Crippen molar-refractivity contribution in [3.8, 4) is 33.4 Å². The molecule has 0 atom stereocenters. The average Bonchev–Trinajstić information content (AvgIpc) is 3.73. The van der Waals surface area contributed by atoms with Crippen molar-refractivity contribution in [2.45, 2.75) is 19.3 Å². The van der Waals surface area contributed by atoms with Crippen molar-refractivity contribution in [2.24, 2.45) is 0 Å². The molecule has 260 valence electrons. The number of anilines is 3.